The summed E-state index contributed by atoms with van der Waals surface area (Å²) in [5, 5.41) is 0. The second-order valence-electron chi connectivity index (χ2n) is 4.27. The zero-order valence-electron chi connectivity index (χ0n) is 8.29. The first-order valence-electron chi connectivity index (χ1n) is 5.19. The molecule has 0 radical (unpaired) electrons. The van der Waals surface area contributed by atoms with E-state index in [1.807, 2.05) is 11.8 Å². The molecule has 1 aromatic carbocycles. The molecule has 1 unspecified atom stereocenters. The summed E-state index contributed by atoms with van der Waals surface area (Å²) < 4.78 is 0. The van der Waals surface area contributed by atoms with Gasteiger partial charge in [-0.3, -0.25) is 4.79 Å². The molecule has 0 saturated carbocycles. The molecule has 0 aliphatic carbocycles. The van der Waals surface area contributed by atoms with Crippen molar-refractivity contribution in [1.82, 2.24) is 0 Å². The van der Waals surface area contributed by atoms with Gasteiger partial charge in [0.1, 0.15) is 0 Å². The molecular formula is C12H13NO. The van der Waals surface area contributed by atoms with Crippen molar-refractivity contribution in [3.63, 3.8) is 0 Å². The number of benzene rings is 1. The first-order valence-corrected chi connectivity index (χ1v) is 5.19. The number of anilines is 1. The first-order chi connectivity index (χ1) is 6.77. The molecule has 2 nitrogen and oxygen atoms in total. The van der Waals surface area contributed by atoms with Crippen LogP contribution in [-0.2, 0) is 17.6 Å². The molecule has 2 heteroatoms. The maximum atomic E-state index is 11.9. The summed E-state index contributed by atoms with van der Waals surface area (Å²) in [5.41, 5.74) is 3.92. The Balaban J connectivity index is 2.21. The van der Waals surface area contributed by atoms with Gasteiger partial charge in [-0.15, -0.1) is 0 Å². The van der Waals surface area contributed by atoms with Crippen LogP contribution in [0.2, 0.25) is 0 Å². The van der Waals surface area contributed by atoms with Crippen molar-refractivity contribution in [2.45, 2.75) is 19.8 Å². The van der Waals surface area contributed by atoms with E-state index >= 15 is 0 Å². The third kappa shape index (κ3) is 0.884. The van der Waals surface area contributed by atoms with Gasteiger partial charge in [-0.1, -0.05) is 25.1 Å². The first kappa shape index (κ1) is 8.04. The molecular weight excluding hydrogens is 174 g/mol. The van der Waals surface area contributed by atoms with Crippen molar-refractivity contribution in [2.75, 3.05) is 11.4 Å². The highest BCUT2D eigenvalue weighted by Gasteiger charge is 2.34. The normalized spacial score (nSPS) is 23.9. The molecule has 1 atom stereocenters. The predicted octanol–water partition coefficient (Wildman–Crippen LogP) is 1.77. The second kappa shape index (κ2) is 2.59. The van der Waals surface area contributed by atoms with Crippen LogP contribution in [0.5, 0.6) is 0 Å². The van der Waals surface area contributed by atoms with Gasteiger partial charge in [-0.05, 0) is 24.0 Å². The molecule has 0 N–H and O–H groups in total. The Labute approximate surface area is 83.5 Å². The second-order valence-corrected chi connectivity index (χ2v) is 4.27. The smallest absolute Gasteiger partial charge is 0.230 e. The van der Waals surface area contributed by atoms with Crippen molar-refractivity contribution >= 4 is 11.6 Å². The summed E-state index contributed by atoms with van der Waals surface area (Å²) in [7, 11) is 0. The van der Waals surface area contributed by atoms with Gasteiger partial charge in [-0.25, -0.2) is 0 Å². The standard InChI is InChI=1S/C12H13NO/c1-8-7-10-4-2-3-9-5-6-13(11(9)10)12(8)14/h2-4,8H,5-7H2,1H3. The van der Waals surface area contributed by atoms with Gasteiger partial charge in [0.15, 0.2) is 0 Å². The van der Waals surface area contributed by atoms with Gasteiger partial charge in [-0.2, -0.15) is 0 Å². The zero-order valence-corrected chi connectivity index (χ0v) is 8.29. The molecule has 1 amide bonds. The van der Waals surface area contributed by atoms with Crippen LogP contribution >= 0.6 is 0 Å². The van der Waals surface area contributed by atoms with Crippen molar-refractivity contribution in [3.05, 3.63) is 29.3 Å². The molecule has 0 bridgehead atoms. The monoisotopic (exact) mass is 187 g/mol. The number of hydrogen-bond donors (Lipinski definition) is 0. The van der Waals surface area contributed by atoms with Crippen LogP contribution in [-0.4, -0.2) is 12.5 Å². The van der Waals surface area contributed by atoms with Crippen molar-refractivity contribution in [1.29, 1.82) is 0 Å². The molecule has 0 fully saturated rings. The third-order valence-corrected chi connectivity index (χ3v) is 3.29. The summed E-state index contributed by atoms with van der Waals surface area (Å²) in [6, 6.07) is 6.41. The molecule has 0 spiro atoms. The highest BCUT2D eigenvalue weighted by atomic mass is 16.2. The molecule has 14 heavy (non-hydrogen) atoms. The van der Waals surface area contributed by atoms with E-state index in [1.165, 1.54) is 16.8 Å². The molecule has 1 aromatic rings. The maximum absolute atomic E-state index is 11.9. The van der Waals surface area contributed by atoms with Crippen LogP contribution in [0.3, 0.4) is 0 Å². The molecule has 2 aliphatic rings. The summed E-state index contributed by atoms with van der Waals surface area (Å²) in [5.74, 6) is 0.471. The fourth-order valence-electron chi connectivity index (χ4n) is 2.61. The SMILES string of the molecule is CC1Cc2cccc3c2N(CC3)C1=O. The number of hydrogen-bond acceptors (Lipinski definition) is 1. The van der Waals surface area contributed by atoms with Crippen LogP contribution in [0.15, 0.2) is 18.2 Å². The number of para-hydroxylation sites is 1. The van der Waals surface area contributed by atoms with E-state index in [9.17, 15) is 4.79 Å². The Morgan fingerprint density at radius 2 is 2.14 bits per heavy atom. The number of amides is 1. The highest BCUT2D eigenvalue weighted by Crippen LogP contribution is 2.37. The Morgan fingerprint density at radius 1 is 1.36 bits per heavy atom. The predicted molar refractivity (Wildman–Crippen MR) is 55.4 cm³/mol. The van der Waals surface area contributed by atoms with Gasteiger partial charge in [0.25, 0.3) is 0 Å². The van der Waals surface area contributed by atoms with E-state index in [4.69, 9.17) is 0 Å². The fraction of sp³-hybridized carbons (Fsp3) is 0.417. The lowest BCUT2D eigenvalue weighted by molar-refractivity contribution is -0.122. The van der Waals surface area contributed by atoms with Crippen LogP contribution < -0.4 is 4.90 Å². The van der Waals surface area contributed by atoms with Gasteiger partial charge >= 0.3 is 0 Å². The lowest BCUT2D eigenvalue weighted by atomic mass is 9.93. The van der Waals surface area contributed by atoms with Crippen LogP contribution in [0.1, 0.15) is 18.1 Å². The van der Waals surface area contributed by atoms with E-state index in [1.54, 1.807) is 0 Å². The summed E-state index contributed by atoms with van der Waals surface area (Å²) in [6.07, 6.45) is 1.94. The van der Waals surface area contributed by atoms with Crippen LogP contribution in [0.25, 0.3) is 0 Å². The zero-order chi connectivity index (χ0) is 9.71. The van der Waals surface area contributed by atoms with E-state index < -0.39 is 0 Å². The fourth-order valence-corrected chi connectivity index (χ4v) is 2.61. The summed E-state index contributed by atoms with van der Waals surface area (Å²) >= 11 is 0. The van der Waals surface area contributed by atoms with E-state index in [0.717, 1.165) is 19.4 Å². The highest BCUT2D eigenvalue weighted by molar-refractivity contribution is 5.99. The van der Waals surface area contributed by atoms with Gasteiger partial charge < -0.3 is 4.90 Å². The lowest BCUT2D eigenvalue weighted by Gasteiger charge is -2.29. The molecule has 2 heterocycles. The number of carbonyl (C=O) groups excluding carboxylic acids is 1. The lowest BCUT2D eigenvalue weighted by Crippen LogP contribution is -2.38. The van der Waals surface area contributed by atoms with Crippen molar-refractivity contribution in [3.8, 4) is 0 Å². The Kier molecular flexibility index (Phi) is 1.49. The average Bonchev–Trinajstić information content (AvgIpc) is 2.60. The Hall–Kier alpha value is -1.31. The summed E-state index contributed by atoms with van der Waals surface area (Å²) in [6.45, 7) is 2.91. The molecule has 0 aromatic heterocycles. The van der Waals surface area contributed by atoms with Crippen LogP contribution in [0.4, 0.5) is 5.69 Å². The van der Waals surface area contributed by atoms with Crippen molar-refractivity contribution < 1.29 is 4.79 Å². The maximum Gasteiger partial charge on any atom is 0.230 e. The number of rotatable bonds is 0. The average molecular weight is 187 g/mol. The minimum Gasteiger partial charge on any atom is -0.311 e. The molecule has 0 saturated heterocycles. The largest absolute Gasteiger partial charge is 0.311 e. The van der Waals surface area contributed by atoms with Crippen molar-refractivity contribution in [2.24, 2.45) is 5.92 Å². The van der Waals surface area contributed by atoms with Gasteiger partial charge in [0, 0.05) is 12.5 Å². The van der Waals surface area contributed by atoms with Gasteiger partial charge in [0.05, 0.1) is 5.69 Å². The Morgan fingerprint density at radius 3 is 3.00 bits per heavy atom. The van der Waals surface area contributed by atoms with Gasteiger partial charge in [0.2, 0.25) is 5.91 Å². The van der Waals surface area contributed by atoms with Crippen LogP contribution in [0, 0.1) is 5.92 Å². The number of carbonyl (C=O) groups is 1. The van der Waals surface area contributed by atoms with E-state index in [-0.39, 0.29) is 5.92 Å². The van der Waals surface area contributed by atoms with E-state index in [0.29, 0.717) is 5.91 Å². The quantitative estimate of drug-likeness (QED) is 0.606. The summed E-state index contributed by atoms with van der Waals surface area (Å²) in [4.78, 5) is 13.8. The van der Waals surface area contributed by atoms with E-state index in [2.05, 4.69) is 18.2 Å². The number of nitrogens with zero attached hydrogens (tertiary/aromatic N) is 1. The Bertz CT molecular complexity index is 411. The minimum atomic E-state index is 0.163. The third-order valence-electron chi connectivity index (χ3n) is 3.29. The minimum absolute atomic E-state index is 0.163. The molecule has 72 valence electrons. The topological polar surface area (TPSA) is 20.3 Å². The molecule has 3 rings (SSSR count). The molecule has 2 aliphatic heterocycles.